The number of hydrogen-bond acceptors (Lipinski definition) is 6. The number of carbonyl (C=O) groups is 4. The summed E-state index contributed by atoms with van der Waals surface area (Å²) in [6.07, 6.45) is -0.106. The van der Waals surface area contributed by atoms with Crippen LogP contribution < -0.4 is 21.7 Å². The van der Waals surface area contributed by atoms with Crippen molar-refractivity contribution in [1.29, 1.82) is 5.26 Å². The number of nitriles is 1. The van der Waals surface area contributed by atoms with Crippen molar-refractivity contribution < 1.29 is 23.9 Å². The molecule has 0 saturated heterocycles. The van der Waals surface area contributed by atoms with Gasteiger partial charge in [-0.1, -0.05) is 27.7 Å². The third-order valence-electron chi connectivity index (χ3n) is 4.63. The second kappa shape index (κ2) is 13.6. The zero-order valence-electron chi connectivity index (χ0n) is 20.3. The predicted molar refractivity (Wildman–Crippen MR) is 120 cm³/mol. The molecule has 10 heteroatoms. The molecule has 0 spiro atoms. The fourth-order valence-electron chi connectivity index (χ4n) is 2.86. The number of nitrogens with one attached hydrogen (secondary N) is 3. The minimum atomic E-state index is -1.03. The summed E-state index contributed by atoms with van der Waals surface area (Å²) >= 11 is 0. The van der Waals surface area contributed by atoms with Crippen LogP contribution in [0.2, 0.25) is 0 Å². The lowest BCUT2D eigenvalue weighted by Gasteiger charge is -2.28. The molecule has 0 bridgehead atoms. The van der Waals surface area contributed by atoms with Crippen LogP contribution in [0.5, 0.6) is 0 Å². The van der Waals surface area contributed by atoms with Crippen LogP contribution in [0.4, 0.5) is 4.79 Å². The maximum absolute atomic E-state index is 12.9. The van der Waals surface area contributed by atoms with E-state index in [-0.39, 0.29) is 37.1 Å². The molecule has 0 saturated carbocycles. The second-order valence-electron chi connectivity index (χ2n) is 9.49. The van der Waals surface area contributed by atoms with Crippen LogP contribution in [0.3, 0.4) is 0 Å². The molecule has 0 aliphatic heterocycles. The summed E-state index contributed by atoms with van der Waals surface area (Å²) < 4.78 is 5.22. The Morgan fingerprint density at radius 2 is 1.53 bits per heavy atom. The Morgan fingerprint density at radius 1 is 0.938 bits per heavy atom. The number of amides is 4. The van der Waals surface area contributed by atoms with Gasteiger partial charge in [-0.15, -0.1) is 0 Å². The number of carbonyl (C=O) groups excluding carboxylic acids is 4. The molecule has 0 heterocycles. The van der Waals surface area contributed by atoms with Crippen molar-refractivity contribution in [1.82, 2.24) is 16.0 Å². The summed E-state index contributed by atoms with van der Waals surface area (Å²) in [6, 6.07) is -0.191. The topological polar surface area (TPSA) is 163 Å². The third-order valence-corrected chi connectivity index (χ3v) is 4.63. The Balaban J connectivity index is 5.43. The highest BCUT2D eigenvalue weighted by molar-refractivity contribution is 5.92. The van der Waals surface area contributed by atoms with Gasteiger partial charge in [-0.2, -0.15) is 5.26 Å². The molecule has 0 fully saturated rings. The molecule has 0 aliphatic carbocycles. The van der Waals surface area contributed by atoms with Crippen LogP contribution in [0.25, 0.3) is 0 Å². The smallest absolute Gasteiger partial charge is 0.408 e. The summed E-state index contributed by atoms with van der Waals surface area (Å²) in [7, 11) is 0. The monoisotopic (exact) mass is 453 g/mol. The maximum atomic E-state index is 12.9. The normalized spacial score (nSPS) is 14.1. The lowest BCUT2D eigenvalue weighted by molar-refractivity contribution is -0.131. The van der Waals surface area contributed by atoms with Gasteiger partial charge in [-0.05, 0) is 45.4 Å². The van der Waals surface area contributed by atoms with Crippen molar-refractivity contribution in [2.45, 2.75) is 97.9 Å². The Morgan fingerprint density at radius 3 is 1.97 bits per heavy atom. The van der Waals surface area contributed by atoms with Crippen LogP contribution in [0, 0.1) is 23.2 Å². The molecular formula is C22H39N5O5. The first-order valence-electron chi connectivity index (χ1n) is 10.9. The van der Waals surface area contributed by atoms with Gasteiger partial charge in [-0.3, -0.25) is 14.4 Å². The van der Waals surface area contributed by atoms with Gasteiger partial charge < -0.3 is 26.4 Å². The minimum absolute atomic E-state index is 0.00717. The second-order valence-corrected chi connectivity index (χ2v) is 9.49. The lowest BCUT2D eigenvalue weighted by Crippen LogP contribution is -2.57. The van der Waals surface area contributed by atoms with Gasteiger partial charge in [0.15, 0.2) is 0 Å². The van der Waals surface area contributed by atoms with Crippen molar-refractivity contribution in [2.75, 3.05) is 0 Å². The van der Waals surface area contributed by atoms with Crippen LogP contribution in [-0.2, 0) is 19.1 Å². The summed E-state index contributed by atoms with van der Waals surface area (Å²) in [5, 5.41) is 16.9. The van der Waals surface area contributed by atoms with E-state index in [9.17, 15) is 19.2 Å². The number of nitrogens with zero attached hydrogens (tertiary/aromatic N) is 1. The standard InChI is InChI=1S/C22H39N5O5/c1-13(2)15(9-8-12-23)25-19(29)16(10-11-17(24)28)26-20(30)18(14(3)4)27-21(31)32-22(5,6)7/h13-16,18H,8-11H2,1-7H3,(H2,24,28)(H,25,29)(H,26,30)(H,27,31)/t15?,16-,18-/m0/s1. The van der Waals surface area contributed by atoms with Gasteiger partial charge in [0.1, 0.15) is 17.7 Å². The van der Waals surface area contributed by atoms with Crippen LogP contribution in [0.1, 0.15) is 74.1 Å². The molecule has 10 nitrogen and oxygen atoms in total. The summed E-state index contributed by atoms with van der Waals surface area (Å²) in [4.78, 5) is 49.2. The summed E-state index contributed by atoms with van der Waals surface area (Å²) in [5.41, 5.74) is 4.49. The zero-order chi connectivity index (χ0) is 25.1. The molecule has 0 aromatic carbocycles. The number of ether oxygens (including phenoxy) is 1. The molecule has 4 amide bonds. The zero-order valence-corrected chi connectivity index (χ0v) is 20.3. The number of alkyl carbamates (subject to hydrolysis) is 1. The average molecular weight is 454 g/mol. The van der Waals surface area contributed by atoms with Gasteiger partial charge in [-0.25, -0.2) is 4.79 Å². The van der Waals surface area contributed by atoms with Crippen LogP contribution in [-0.4, -0.2) is 47.5 Å². The highest BCUT2D eigenvalue weighted by Crippen LogP contribution is 2.12. The van der Waals surface area contributed by atoms with Gasteiger partial charge >= 0.3 is 6.09 Å². The highest BCUT2D eigenvalue weighted by Gasteiger charge is 2.31. The lowest BCUT2D eigenvalue weighted by atomic mass is 9.98. The van der Waals surface area contributed by atoms with Crippen molar-refractivity contribution >= 4 is 23.8 Å². The molecular weight excluding hydrogens is 414 g/mol. The van der Waals surface area contributed by atoms with Gasteiger partial charge in [0.25, 0.3) is 0 Å². The van der Waals surface area contributed by atoms with Crippen molar-refractivity contribution in [3.63, 3.8) is 0 Å². The van der Waals surface area contributed by atoms with E-state index < -0.39 is 41.5 Å². The first kappa shape index (κ1) is 29.2. The number of primary amides is 1. The third kappa shape index (κ3) is 12.1. The average Bonchev–Trinajstić information content (AvgIpc) is 2.63. The Kier molecular flexibility index (Phi) is 12.4. The van der Waals surface area contributed by atoms with E-state index in [1.807, 2.05) is 13.8 Å². The molecule has 0 radical (unpaired) electrons. The first-order chi connectivity index (χ1) is 14.7. The number of hydrogen-bond donors (Lipinski definition) is 4. The largest absolute Gasteiger partial charge is 0.444 e. The summed E-state index contributed by atoms with van der Waals surface area (Å²) in [6.45, 7) is 12.4. The molecule has 32 heavy (non-hydrogen) atoms. The van der Waals surface area contributed by atoms with Gasteiger partial charge in [0.2, 0.25) is 17.7 Å². The molecule has 182 valence electrons. The van der Waals surface area contributed by atoms with E-state index in [2.05, 4.69) is 22.0 Å². The van der Waals surface area contributed by atoms with E-state index in [1.54, 1.807) is 34.6 Å². The molecule has 0 aromatic rings. The Bertz CT molecular complexity index is 694. The van der Waals surface area contributed by atoms with E-state index in [0.717, 1.165) is 0 Å². The maximum Gasteiger partial charge on any atom is 0.408 e. The van der Waals surface area contributed by atoms with E-state index >= 15 is 0 Å². The SMILES string of the molecule is CC(C)C(CCC#N)NC(=O)[C@H](CCC(N)=O)NC(=O)[C@@H](NC(=O)OC(C)(C)C)C(C)C. The molecule has 0 aromatic heterocycles. The molecule has 0 rings (SSSR count). The summed E-state index contributed by atoms with van der Waals surface area (Å²) in [5.74, 6) is -1.88. The number of nitrogens with two attached hydrogens (primary N) is 1. The molecule has 5 N–H and O–H groups in total. The van der Waals surface area contributed by atoms with Crippen molar-refractivity contribution in [3.8, 4) is 6.07 Å². The minimum Gasteiger partial charge on any atom is -0.444 e. The fraction of sp³-hybridized carbons (Fsp3) is 0.773. The molecule has 3 atom stereocenters. The van der Waals surface area contributed by atoms with Crippen molar-refractivity contribution in [2.24, 2.45) is 17.6 Å². The first-order valence-corrected chi connectivity index (χ1v) is 10.9. The Hall–Kier alpha value is -2.83. The van der Waals surface area contributed by atoms with Crippen molar-refractivity contribution in [3.05, 3.63) is 0 Å². The molecule has 1 unspecified atom stereocenters. The van der Waals surface area contributed by atoms with Crippen LogP contribution in [0.15, 0.2) is 0 Å². The van der Waals surface area contributed by atoms with E-state index in [4.69, 9.17) is 15.7 Å². The van der Waals surface area contributed by atoms with E-state index in [1.165, 1.54) is 0 Å². The predicted octanol–water partition coefficient (Wildman–Crippen LogP) is 1.73. The van der Waals surface area contributed by atoms with E-state index in [0.29, 0.717) is 6.42 Å². The molecule has 0 aliphatic rings. The Labute approximate surface area is 191 Å². The number of rotatable bonds is 12. The van der Waals surface area contributed by atoms with Crippen LogP contribution >= 0.6 is 0 Å². The highest BCUT2D eigenvalue weighted by atomic mass is 16.6. The quantitative estimate of drug-likeness (QED) is 0.351. The van der Waals surface area contributed by atoms with Gasteiger partial charge in [0, 0.05) is 18.9 Å². The fourth-order valence-corrected chi connectivity index (χ4v) is 2.86. The van der Waals surface area contributed by atoms with Gasteiger partial charge in [0.05, 0.1) is 6.07 Å².